The summed E-state index contributed by atoms with van der Waals surface area (Å²) in [6.45, 7) is 2.92. The second-order valence-corrected chi connectivity index (χ2v) is 6.32. The van der Waals surface area contributed by atoms with Crippen LogP contribution in [0.4, 0.5) is 0 Å². The van der Waals surface area contributed by atoms with Crippen molar-refractivity contribution >= 4 is 0 Å². The van der Waals surface area contributed by atoms with E-state index >= 15 is 0 Å². The summed E-state index contributed by atoms with van der Waals surface area (Å²) in [5.74, 6) is 2.19. The third-order valence-corrected chi connectivity index (χ3v) is 4.87. The first kappa shape index (κ1) is 17.4. The Morgan fingerprint density at radius 2 is 1.68 bits per heavy atom. The van der Waals surface area contributed by atoms with Crippen molar-refractivity contribution in [3.63, 3.8) is 0 Å². The van der Waals surface area contributed by atoms with Crippen LogP contribution in [-0.2, 0) is 12.8 Å². The van der Waals surface area contributed by atoms with Crippen LogP contribution in [0.15, 0.2) is 24.3 Å². The van der Waals surface area contributed by atoms with Crippen LogP contribution in [-0.4, -0.2) is 33.0 Å². The van der Waals surface area contributed by atoms with Gasteiger partial charge in [-0.15, -0.1) is 0 Å². The lowest BCUT2D eigenvalue weighted by molar-refractivity contribution is 0.352. The highest BCUT2D eigenvalue weighted by Crippen LogP contribution is 2.37. The van der Waals surface area contributed by atoms with Gasteiger partial charge in [-0.25, -0.2) is 0 Å². The normalized spacial score (nSPS) is 16.2. The predicted molar refractivity (Wildman–Crippen MR) is 97.1 cm³/mol. The molecule has 0 saturated heterocycles. The molecular weight excluding hydrogens is 318 g/mol. The van der Waals surface area contributed by atoms with Crippen LogP contribution in [0.3, 0.4) is 0 Å². The van der Waals surface area contributed by atoms with E-state index in [1.54, 1.807) is 27.4 Å². The molecular formula is C20H25NO4. The van der Waals surface area contributed by atoms with Gasteiger partial charge in [0.1, 0.15) is 0 Å². The molecule has 0 bridgehead atoms. The molecule has 0 fully saturated rings. The fraction of sp³-hybridized carbons (Fsp3) is 0.400. The molecule has 134 valence electrons. The number of benzene rings is 2. The number of aromatic hydroxyl groups is 1. The first-order chi connectivity index (χ1) is 12.1. The number of phenols is 1. The number of nitrogens with one attached hydrogen (secondary N) is 1. The Morgan fingerprint density at radius 3 is 2.36 bits per heavy atom. The summed E-state index contributed by atoms with van der Waals surface area (Å²) in [7, 11) is 4.89. The molecule has 3 rings (SSSR count). The van der Waals surface area contributed by atoms with E-state index in [4.69, 9.17) is 14.2 Å². The molecule has 1 heterocycles. The van der Waals surface area contributed by atoms with E-state index in [9.17, 15) is 5.11 Å². The van der Waals surface area contributed by atoms with Gasteiger partial charge in [0.05, 0.1) is 21.3 Å². The first-order valence-electron chi connectivity index (χ1n) is 8.42. The Labute approximate surface area is 148 Å². The highest BCUT2D eigenvalue weighted by atomic mass is 16.5. The average molecular weight is 343 g/mol. The Balaban J connectivity index is 1.96. The first-order valence-corrected chi connectivity index (χ1v) is 8.42. The lowest BCUT2D eigenvalue weighted by Crippen LogP contribution is -2.31. The molecule has 0 saturated carbocycles. The summed E-state index contributed by atoms with van der Waals surface area (Å²) < 4.78 is 16.2. The van der Waals surface area contributed by atoms with Crippen LogP contribution in [0.5, 0.6) is 23.0 Å². The number of aryl methyl sites for hydroxylation is 1. The quantitative estimate of drug-likeness (QED) is 0.873. The van der Waals surface area contributed by atoms with Crippen LogP contribution in [0.25, 0.3) is 0 Å². The molecule has 0 spiro atoms. The van der Waals surface area contributed by atoms with Crippen LogP contribution >= 0.6 is 0 Å². The fourth-order valence-electron chi connectivity index (χ4n) is 3.47. The van der Waals surface area contributed by atoms with Crippen molar-refractivity contribution in [3.8, 4) is 23.0 Å². The zero-order valence-electron chi connectivity index (χ0n) is 15.2. The van der Waals surface area contributed by atoms with Crippen LogP contribution in [0.2, 0.25) is 0 Å². The molecule has 25 heavy (non-hydrogen) atoms. The molecule has 0 aromatic heterocycles. The Kier molecular flexibility index (Phi) is 5.04. The minimum absolute atomic E-state index is 0.173. The molecule has 1 unspecified atom stereocenters. The molecule has 2 aromatic rings. The van der Waals surface area contributed by atoms with Gasteiger partial charge in [0, 0.05) is 6.04 Å². The third-order valence-electron chi connectivity index (χ3n) is 4.87. The van der Waals surface area contributed by atoms with Gasteiger partial charge in [0.2, 0.25) is 0 Å². The van der Waals surface area contributed by atoms with E-state index in [-0.39, 0.29) is 11.8 Å². The number of hydrogen-bond donors (Lipinski definition) is 2. The third kappa shape index (κ3) is 3.37. The van der Waals surface area contributed by atoms with Crippen molar-refractivity contribution in [2.45, 2.75) is 25.8 Å². The summed E-state index contributed by atoms with van der Waals surface area (Å²) in [6.07, 6.45) is 1.77. The van der Waals surface area contributed by atoms with Crippen molar-refractivity contribution in [2.75, 3.05) is 27.9 Å². The van der Waals surface area contributed by atoms with Gasteiger partial charge in [-0.2, -0.15) is 0 Å². The van der Waals surface area contributed by atoms with Crippen molar-refractivity contribution < 1.29 is 19.3 Å². The van der Waals surface area contributed by atoms with Crippen LogP contribution < -0.4 is 19.5 Å². The maximum Gasteiger partial charge on any atom is 0.161 e. The second-order valence-electron chi connectivity index (χ2n) is 6.32. The number of ether oxygens (including phenoxy) is 3. The molecule has 1 atom stereocenters. The predicted octanol–water partition coefficient (Wildman–Crippen LogP) is 3.16. The van der Waals surface area contributed by atoms with E-state index in [1.165, 1.54) is 11.1 Å². The average Bonchev–Trinajstić information content (AvgIpc) is 2.62. The topological polar surface area (TPSA) is 60.0 Å². The smallest absolute Gasteiger partial charge is 0.161 e. The highest BCUT2D eigenvalue weighted by molar-refractivity contribution is 5.51. The largest absolute Gasteiger partial charge is 0.504 e. The number of hydrogen-bond acceptors (Lipinski definition) is 5. The maximum absolute atomic E-state index is 9.93. The lowest BCUT2D eigenvalue weighted by Gasteiger charge is -2.29. The van der Waals surface area contributed by atoms with Gasteiger partial charge in [-0.1, -0.05) is 0 Å². The number of fused-ring (bicyclic) bond motifs is 1. The van der Waals surface area contributed by atoms with Gasteiger partial charge >= 0.3 is 0 Å². The highest BCUT2D eigenvalue weighted by Gasteiger charge is 2.23. The molecule has 0 aliphatic carbocycles. The summed E-state index contributed by atoms with van der Waals surface area (Å²) in [5.41, 5.74) is 4.71. The zero-order chi connectivity index (χ0) is 18.0. The van der Waals surface area contributed by atoms with Gasteiger partial charge in [0.25, 0.3) is 0 Å². The standard InChI is InChI=1S/C20H25NO4/c1-12-7-17(22)18(23-2)10-14(12)8-16-15-11-20(25-4)19(24-3)9-13(15)5-6-21-16/h7,9-11,16,21-22H,5-6,8H2,1-4H3. The summed E-state index contributed by atoms with van der Waals surface area (Å²) in [6, 6.07) is 7.99. The van der Waals surface area contributed by atoms with Crippen LogP contribution in [0.1, 0.15) is 28.3 Å². The molecule has 1 aliphatic heterocycles. The Bertz CT molecular complexity index is 773. The molecule has 2 aromatic carbocycles. The molecule has 5 heteroatoms. The van der Waals surface area contributed by atoms with Crippen molar-refractivity contribution in [2.24, 2.45) is 0 Å². The maximum atomic E-state index is 9.93. The summed E-state index contributed by atoms with van der Waals surface area (Å²) in [4.78, 5) is 0. The number of methoxy groups -OCH3 is 3. The number of rotatable bonds is 5. The SMILES string of the molecule is COc1cc(CC2NCCc3cc(OC)c(OC)cc32)c(C)cc1O. The summed E-state index contributed by atoms with van der Waals surface area (Å²) in [5, 5.41) is 13.5. The minimum atomic E-state index is 0.173. The number of phenolic OH excluding ortho intramolecular Hbond substituents is 1. The second kappa shape index (κ2) is 7.23. The van der Waals surface area contributed by atoms with Crippen molar-refractivity contribution in [3.05, 3.63) is 46.5 Å². The van der Waals surface area contributed by atoms with Gasteiger partial charge in [-0.3, -0.25) is 0 Å². The van der Waals surface area contributed by atoms with E-state index in [1.807, 2.05) is 13.0 Å². The van der Waals surface area contributed by atoms with E-state index in [0.717, 1.165) is 42.0 Å². The minimum Gasteiger partial charge on any atom is -0.504 e. The molecule has 1 aliphatic rings. The van der Waals surface area contributed by atoms with Crippen molar-refractivity contribution in [1.82, 2.24) is 5.32 Å². The van der Waals surface area contributed by atoms with Crippen LogP contribution in [0, 0.1) is 6.92 Å². The van der Waals surface area contributed by atoms with E-state index in [0.29, 0.717) is 5.75 Å². The van der Waals surface area contributed by atoms with Crippen molar-refractivity contribution in [1.29, 1.82) is 0 Å². The Morgan fingerprint density at radius 1 is 1.00 bits per heavy atom. The van der Waals surface area contributed by atoms with Gasteiger partial charge < -0.3 is 24.6 Å². The monoisotopic (exact) mass is 343 g/mol. The lowest BCUT2D eigenvalue weighted by atomic mass is 9.88. The fourth-order valence-corrected chi connectivity index (χ4v) is 3.47. The zero-order valence-corrected chi connectivity index (χ0v) is 15.2. The molecule has 5 nitrogen and oxygen atoms in total. The van der Waals surface area contributed by atoms with Gasteiger partial charge in [-0.05, 0) is 72.8 Å². The molecule has 0 radical (unpaired) electrons. The van der Waals surface area contributed by atoms with E-state index in [2.05, 4.69) is 17.4 Å². The molecule has 2 N–H and O–H groups in total. The van der Waals surface area contributed by atoms with E-state index < -0.39 is 0 Å². The Hall–Kier alpha value is -2.40. The van der Waals surface area contributed by atoms with Gasteiger partial charge in [0.15, 0.2) is 23.0 Å². The molecule has 0 amide bonds. The summed E-state index contributed by atoms with van der Waals surface area (Å²) >= 11 is 0.